The summed E-state index contributed by atoms with van der Waals surface area (Å²) in [5.74, 6) is 1.51. The summed E-state index contributed by atoms with van der Waals surface area (Å²) in [4.78, 5) is 0. The first-order chi connectivity index (χ1) is 7.65. The predicted octanol–water partition coefficient (Wildman–Crippen LogP) is 4.01. The van der Waals surface area contributed by atoms with Crippen LogP contribution in [0.5, 0.6) is 0 Å². The zero-order valence-corrected chi connectivity index (χ0v) is 11.0. The second-order valence-corrected chi connectivity index (χ2v) is 4.70. The number of anilines is 1. The van der Waals surface area contributed by atoms with Crippen LogP contribution in [0.4, 0.5) is 5.82 Å². The van der Waals surface area contributed by atoms with Gasteiger partial charge in [-0.1, -0.05) is 32.7 Å². The lowest BCUT2D eigenvalue weighted by Crippen LogP contribution is -2.00. The quantitative estimate of drug-likeness (QED) is 0.931. The van der Waals surface area contributed by atoms with Crippen molar-refractivity contribution in [2.45, 2.75) is 13.5 Å². The summed E-state index contributed by atoms with van der Waals surface area (Å²) in [5.41, 5.74) is 1.08. The van der Waals surface area contributed by atoms with E-state index in [2.05, 4.69) is 26.4 Å². The van der Waals surface area contributed by atoms with Crippen LogP contribution in [0.25, 0.3) is 0 Å². The minimum Gasteiger partial charge on any atom is -0.363 e. The van der Waals surface area contributed by atoms with Gasteiger partial charge < -0.3 is 9.84 Å². The molecule has 1 aromatic heterocycles. The molecule has 5 heteroatoms. The molecule has 0 amide bonds. The number of halogens is 2. The Labute approximate surface area is 107 Å². The SMILES string of the molecule is Cc1cc(NCc2cc(Cl)ccc2Br)no1. The first kappa shape index (κ1) is 11.5. The van der Waals surface area contributed by atoms with Gasteiger partial charge in [-0.15, -0.1) is 0 Å². The third kappa shape index (κ3) is 2.77. The molecule has 1 aromatic carbocycles. The van der Waals surface area contributed by atoms with E-state index < -0.39 is 0 Å². The van der Waals surface area contributed by atoms with Gasteiger partial charge in [-0.05, 0) is 30.7 Å². The summed E-state index contributed by atoms with van der Waals surface area (Å²) >= 11 is 9.39. The molecule has 84 valence electrons. The molecule has 0 fully saturated rings. The van der Waals surface area contributed by atoms with Crippen LogP contribution in [0, 0.1) is 6.92 Å². The number of nitrogens with one attached hydrogen (secondary N) is 1. The molecule has 0 saturated carbocycles. The van der Waals surface area contributed by atoms with Gasteiger partial charge in [0.15, 0.2) is 5.82 Å². The molecule has 3 nitrogen and oxygen atoms in total. The molecule has 1 N–H and O–H groups in total. The number of aryl methyl sites for hydroxylation is 1. The van der Waals surface area contributed by atoms with Crippen LogP contribution < -0.4 is 5.32 Å². The van der Waals surface area contributed by atoms with Gasteiger partial charge in [0.2, 0.25) is 0 Å². The van der Waals surface area contributed by atoms with E-state index >= 15 is 0 Å². The highest BCUT2D eigenvalue weighted by molar-refractivity contribution is 9.10. The van der Waals surface area contributed by atoms with E-state index in [0.717, 1.165) is 26.6 Å². The first-order valence-corrected chi connectivity index (χ1v) is 5.93. The molecular formula is C11H10BrClN2O. The molecule has 16 heavy (non-hydrogen) atoms. The first-order valence-electron chi connectivity index (χ1n) is 4.76. The van der Waals surface area contributed by atoms with Crippen LogP contribution in [-0.2, 0) is 6.54 Å². The number of nitrogens with zero attached hydrogens (tertiary/aromatic N) is 1. The fourth-order valence-electron chi connectivity index (χ4n) is 1.31. The molecule has 0 unspecified atom stereocenters. The smallest absolute Gasteiger partial charge is 0.169 e. The summed E-state index contributed by atoms with van der Waals surface area (Å²) in [6.07, 6.45) is 0. The Morgan fingerprint density at radius 3 is 2.94 bits per heavy atom. The zero-order valence-electron chi connectivity index (χ0n) is 8.63. The highest BCUT2D eigenvalue weighted by Crippen LogP contribution is 2.22. The van der Waals surface area contributed by atoms with Crippen LogP contribution >= 0.6 is 27.5 Å². The van der Waals surface area contributed by atoms with Crippen molar-refractivity contribution in [2.75, 3.05) is 5.32 Å². The maximum absolute atomic E-state index is 5.92. The third-order valence-corrected chi connectivity index (χ3v) is 3.10. The number of benzene rings is 1. The third-order valence-electron chi connectivity index (χ3n) is 2.10. The highest BCUT2D eigenvalue weighted by atomic mass is 79.9. The van der Waals surface area contributed by atoms with E-state index in [1.807, 2.05) is 31.2 Å². The number of aromatic nitrogens is 1. The Bertz CT molecular complexity index is 498. The molecular weight excluding hydrogens is 291 g/mol. The van der Waals surface area contributed by atoms with Crippen molar-refractivity contribution in [1.29, 1.82) is 0 Å². The Hall–Kier alpha value is -1.00. The zero-order chi connectivity index (χ0) is 11.5. The van der Waals surface area contributed by atoms with E-state index in [-0.39, 0.29) is 0 Å². The minimum absolute atomic E-state index is 0.646. The van der Waals surface area contributed by atoms with Gasteiger partial charge in [0, 0.05) is 22.1 Å². The van der Waals surface area contributed by atoms with E-state index in [9.17, 15) is 0 Å². The standard InChI is InChI=1S/C11H10BrClN2O/c1-7-4-11(15-16-7)14-6-8-5-9(13)2-3-10(8)12/h2-5H,6H2,1H3,(H,14,15). The normalized spacial score (nSPS) is 10.4. The van der Waals surface area contributed by atoms with Crippen LogP contribution in [-0.4, -0.2) is 5.16 Å². The summed E-state index contributed by atoms with van der Waals surface area (Å²) in [5, 5.41) is 7.72. The van der Waals surface area contributed by atoms with Crippen LogP contribution in [0.2, 0.25) is 5.02 Å². The number of hydrogen-bond donors (Lipinski definition) is 1. The van der Waals surface area contributed by atoms with E-state index in [1.165, 1.54) is 0 Å². The monoisotopic (exact) mass is 300 g/mol. The second-order valence-electron chi connectivity index (χ2n) is 3.41. The van der Waals surface area contributed by atoms with Gasteiger partial charge >= 0.3 is 0 Å². The van der Waals surface area contributed by atoms with Gasteiger partial charge in [-0.2, -0.15) is 0 Å². The second kappa shape index (κ2) is 4.89. The van der Waals surface area contributed by atoms with Gasteiger partial charge in [0.05, 0.1) is 0 Å². The highest BCUT2D eigenvalue weighted by Gasteiger charge is 2.03. The minimum atomic E-state index is 0.646. The molecule has 2 rings (SSSR count). The molecule has 0 aliphatic rings. The number of rotatable bonds is 3. The largest absolute Gasteiger partial charge is 0.363 e. The summed E-state index contributed by atoms with van der Waals surface area (Å²) in [7, 11) is 0. The Balaban J connectivity index is 2.07. The van der Waals surface area contributed by atoms with Crippen LogP contribution in [0.3, 0.4) is 0 Å². The van der Waals surface area contributed by atoms with E-state index in [4.69, 9.17) is 16.1 Å². The summed E-state index contributed by atoms with van der Waals surface area (Å²) in [6, 6.07) is 7.52. The molecule has 1 heterocycles. The predicted molar refractivity (Wildman–Crippen MR) is 67.7 cm³/mol. The molecule has 0 aliphatic carbocycles. The lowest BCUT2D eigenvalue weighted by Gasteiger charge is -2.05. The van der Waals surface area contributed by atoms with Crippen molar-refractivity contribution < 1.29 is 4.52 Å². The van der Waals surface area contributed by atoms with Gasteiger partial charge in [0.1, 0.15) is 5.76 Å². The Morgan fingerprint density at radius 1 is 1.44 bits per heavy atom. The summed E-state index contributed by atoms with van der Waals surface area (Å²) in [6.45, 7) is 2.50. The Morgan fingerprint density at radius 2 is 2.25 bits per heavy atom. The van der Waals surface area contributed by atoms with E-state index in [1.54, 1.807) is 0 Å². The van der Waals surface area contributed by atoms with Crippen molar-refractivity contribution in [3.8, 4) is 0 Å². The average Bonchev–Trinajstić information content (AvgIpc) is 2.66. The van der Waals surface area contributed by atoms with E-state index in [0.29, 0.717) is 6.54 Å². The molecule has 0 bridgehead atoms. The molecule has 0 atom stereocenters. The van der Waals surface area contributed by atoms with Crippen LogP contribution in [0.15, 0.2) is 33.3 Å². The van der Waals surface area contributed by atoms with Crippen molar-refractivity contribution in [3.05, 3.63) is 45.1 Å². The van der Waals surface area contributed by atoms with Crippen LogP contribution in [0.1, 0.15) is 11.3 Å². The molecule has 0 aliphatic heterocycles. The fourth-order valence-corrected chi connectivity index (χ4v) is 1.90. The topological polar surface area (TPSA) is 38.1 Å². The Kier molecular flexibility index (Phi) is 3.51. The molecule has 0 radical (unpaired) electrons. The maximum atomic E-state index is 5.92. The molecule has 0 spiro atoms. The van der Waals surface area contributed by atoms with Crippen molar-refractivity contribution in [3.63, 3.8) is 0 Å². The molecule has 2 aromatic rings. The lowest BCUT2D eigenvalue weighted by molar-refractivity contribution is 0.399. The number of hydrogen-bond acceptors (Lipinski definition) is 3. The van der Waals surface area contributed by atoms with Crippen molar-refractivity contribution in [1.82, 2.24) is 5.16 Å². The van der Waals surface area contributed by atoms with Gasteiger partial charge in [-0.3, -0.25) is 0 Å². The summed E-state index contributed by atoms with van der Waals surface area (Å²) < 4.78 is 5.97. The average molecular weight is 302 g/mol. The maximum Gasteiger partial charge on any atom is 0.169 e. The molecule has 0 saturated heterocycles. The van der Waals surface area contributed by atoms with Gasteiger partial charge in [0.25, 0.3) is 0 Å². The van der Waals surface area contributed by atoms with Crippen molar-refractivity contribution in [2.24, 2.45) is 0 Å². The lowest BCUT2D eigenvalue weighted by atomic mass is 10.2. The van der Waals surface area contributed by atoms with Gasteiger partial charge in [-0.25, -0.2) is 0 Å². The van der Waals surface area contributed by atoms with Crippen molar-refractivity contribution >= 4 is 33.3 Å². The fraction of sp³-hybridized carbons (Fsp3) is 0.182.